The van der Waals surface area contributed by atoms with Crippen molar-refractivity contribution in [2.45, 2.75) is 6.42 Å². The minimum absolute atomic E-state index is 0.0453. The minimum atomic E-state index is -0.364. The molecule has 2 heterocycles. The lowest BCUT2D eigenvalue weighted by atomic mass is 10.1. The fraction of sp³-hybridized carbons (Fsp3) is 0.167. The number of anilines is 1. The van der Waals surface area contributed by atoms with Gasteiger partial charge in [-0.05, 0) is 30.2 Å². The van der Waals surface area contributed by atoms with E-state index < -0.39 is 0 Å². The molecule has 0 atom stereocenters. The van der Waals surface area contributed by atoms with Crippen molar-refractivity contribution in [3.63, 3.8) is 0 Å². The van der Waals surface area contributed by atoms with Gasteiger partial charge >= 0.3 is 0 Å². The molecule has 8 heteroatoms. The molecular weight excluding hydrogens is 356 g/mol. The van der Waals surface area contributed by atoms with E-state index in [4.69, 9.17) is 26.6 Å². The molecule has 0 spiro atoms. The molecule has 0 aliphatic rings. The zero-order chi connectivity index (χ0) is 18.5. The number of nitrogens with two attached hydrogens (primary N) is 1. The van der Waals surface area contributed by atoms with Gasteiger partial charge in [0, 0.05) is 29.4 Å². The summed E-state index contributed by atoms with van der Waals surface area (Å²) in [6.45, 7) is 0.421. The van der Waals surface area contributed by atoms with Gasteiger partial charge in [0.05, 0.1) is 7.11 Å². The van der Waals surface area contributed by atoms with Gasteiger partial charge in [-0.3, -0.25) is 4.79 Å². The Morgan fingerprint density at radius 1 is 1.35 bits per heavy atom. The number of pyridine rings is 1. The van der Waals surface area contributed by atoms with Gasteiger partial charge in [0.1, 0.15) is 11.3 Å². The summed E-state index contributed by atoms with van der Waals surface area (Å²) in [5.74, 6) is 0.0467. The molecular formula is C18H17ClN4O3. The Bertz CT molecular complexity index is 909. The molecule has 1 amide bonds. The highest BCUT2D eigenvalue weighted by Gasteiger charge is 2.22. The van der Waals surface area contributed by atoms with E-state index in [0.29, 0.717) is 35.1 Å². The third-order valence-corrected chi connectivity index (χ3v) is 3.99. The number of hydrogen-bond donors (Lipinski definition) is 2. The molecule has 0 saturated carbocycles. The maximum atomic E-state index is 12.5. The Morgan fingerprint density at radius 2 is 2.19 bits per heavy atom. The highest BCUT2D eigenvalue weighted by molar-refractivity contribution is 6.30. The molecule has 7 nitrogen and oxygen atoms in total. The van der Waals surface area contributed by atoms with E-state index in [0.717, 1.165) is 5.56 Å². The molecule has 26 heavy (non-hydrogen) atoms. The smallest absolute Gasteiger partial charge is 0.259 e. The van der Waals surface area contributed by atoms with Crippen LogP contribution in [-0.4, -0.2) is 29.7 Å². The first-order chi connectivity index (χ1) is 12.6. The molecule has 0 bridgehead atoms. The minimum Gasteiger partial charge on any atom is -0.481 e. The molecule has 1 aromatic carbocycles. The number of methoxy groups -OCH3 is 1. The van der Waals surface area contributed by atoms with E-state index >= 15 is 0 Å². The van der Waals surface area contributed by atoms with Crippen LogP contribution in [0.3, 0.4) is 0 Å². The summed E-state index contributed by atoms with van der Waals surface area (Å²) < 4.78 is 10.0. The van der Waals surface area contributed by atoms with Gasteiger partial charge < -0.3 is 20.3 Å². The normalized spacial score (nSPS) is 10.5. The molecule has 0 aliphatic heterocycles. The molecule has 3 aromatic rings. The number of halogens is 1. The van der Waals surface area contributed by atoms with Gasteiger partial charge in [0.2, 0.25) is 11.8 Å². The summed E-state index contributed by atoms with van der Waals surface area (Å²) in [4.78, 5) is 16.6. The number of carbonyl (C=O) groups excluding carboxylic acids is 1. The van der Waals surface area contributed by atoms with Crippen LogP contribution in [0.5, 0.6) is 5.88 Å². The number of amides is 1. The number of nitrogen functional groups attached to an aromatic ring is 1. The highest BCUT2D eigenvalue weighted by atomic mass is 35.5. The first kappa shape index (κ1) is 17.8. The summed E-state index contributed by atoms with van der Waals surface area (Å²) in [7, 11) is 1.52. The predicted molar refractivity (Wildman–Crippen MR) is 98.2 cm³/mol. The van der Waals surface area contributed by atoms with E-state index in [1.165, 1.54) is 7.11 Å². The van der Waals surface area contributed by atoms with Crippen molar-refractivity contribution in [1.82, 2.24) is 15.5 Å². The second-order valence-corrected chi connectivity index (χ2v) is 5.93. The van der Waals surface area contributed by atoms with E-state index in [9.17, 15) is 4.79 Å². The van der Waals surface area contributed by atoms with Crippen molar-refractivity contribution in [3.8, 4) is 17.1 Å². The first-order valence-electron chi connectivity index (χ1n) is 7.86. The lowest BCUT2D eigenvalue weighted by molar-refractivity contribution is 0.0955. The highest BCUT2D eigenvalue weighted by Crippen LogP contribution is 2.27. The number of aromatic nitrogens is 2. The zero-order valence-electron chi connectivity index (χ0n) is 14.0. The molecule has 3 N–H and O–H groups in total. The van der Waals surface area contributed by atoms with Crippen LogP contribution in [-0.2, 0) is 6.42 Å². The van der Waals surface area contributed by atoms with Crippen LogP contribution in [0.2, 0.25) is 5.02 Å². The van der Waals surface area contributed by atoms with E-state index in [1.54, 1.807) is 24.4 Å². The second kappa shape index (κ2) is 7.88. The van der Waals surface area contributed by atoms with Crippen LogP contribution in [0.15, 0.2) is 47.1 Å². The molecule has 0 radical (unpaired) electrons. The van der Waals surface area contributed by atoms with Gasteiger partial charge in [-0.2, -0.15) is 0 Å². The van der Waals surface area contributed by atoms with Crippen molar-refractivity contribution in [2.24, 2.45) is 0 Å². The van der Waals surface area contributed by atoms with E-state index in [1.807, 2.05) is 18.2 Å². The topological polar surface area (TPSA) is 103 Å². The van der Waals surface area contributed by atoms with Crippen LogP contribution in [0, 0.1) is 0 Å². The van der Waals surface area contributed by atoms with Gasteiger partial charge in [-0.25, -0.2) is 4.98 Å². The quantitative estimate of drug-likeness (QED) is 0.689. The van der Waals surface area contributed by atoms with Gasteiger partial charge in [0.25, 0.3) is 5.91 Å². The van der Waals surface area contributed by atoms with E-state index in [-0.39, 0.29) is 17.4 Å². The fourth-order valence-electron chi connectivity index (χ4n) is 2.46. The van der Waals surface area contributed by atoms with Crippen molar-refractivity contribution >= 4 is 23.4 Å². The molecule has 0 unspecified atom stereocenters. The Balaban J connectivity index is 1.72. The third kappa shape index (κ3) is 3.94. The zero-order valence-corrected chi connectivity index (χ0v) is 14.8. The molecule has 0 saturated heterocycles. The SMILES string of the molecule is COc1ccc(-c2noc(N)c2C(=O)NCCc2cccc(Cl)c2)cn1. The summed E-state index contributed by atoms with van der Waals surface area (Å²) in [5, 5.41) is 7.36. The van der Waals surface area contributed by atoms with E-state index in [2.05, 4.69) is 15.5 Å². The largest absolute Gasteiger partial charge is 0.481 e. The molecule has 2 aromatic heterocycles. The van der Waals surface area contributed by atoms with Crippen LogP contribution < -0.4 is 15.8 Å². The summed E-state index contributed by atoms with van der Waals surface area (Å²) in [6.07, 6.45) is 2.18. The number of carbonyl (C=O) groups is 1. The van der Waals surface area contributed by atoms with Crippen LogP contribution in [0.25, 0.3) is 11.3 Å². The Kier molecular flexibility index (Phi) is 5.38. The predicted octanol–water partition coefficient (Wildman–Crippen LogP) is 2.95. The summed E-state index contributed by atoms with van der Waals surface area (Å²) in [6, 6.07) is 10.9. The number of benzene rings is 1. The molecule has 0 aliphatic carbocycles. The number of nitrogens with zero attached hydrogens (tertiary/aromatic N) is 2. The summed E-state index contributed by atoms with van der Waals surface area (Å²) in [5.41, 5.74) is 7.93. The van der Waals surface area contributed by atoms with Gasteiger partial charge in [-0.15, -0.1) is 0 Å². The average molecular weight is 373 g/mol. The van der Waals surface area contributed by atoms with Crippen molar-refractivity contribution < 1.29 is 14.1 Å². The van der Waals surface area contributed by atoms with Crippen LogP contribution in [0.4, 0.5) is 5.88 Å². The Morgan fingerprint density at radius 3 is 2.88 bits per heavy atom. The maximum Gasteiger partial charge on any atom is 0.259 e. The molecule has 0 fully saturated rings. The third-order valence-electron chi connectivity index (χ3n) is 3.75. The number of hydrogen-bond acceptors (Lipinski definition) is 6. The Labute approximate surface area is 155 Å². The fourth-order valence-corrected chi connectivity index (χ4v) is 2.67. The standard InChI is InChI=1S/C18H17ClN4O3/c1-25-14-6-5-12(10-22-14)16-15(17(20)26-23-16)18(24)21-8-7-11-3-2-4-13(19)9-11/h2-6,9-10H,7-8,20H2,1H3,(H,21,24). The van der Waals surface area contributed by atoms with Crippen LogP contribution >= 0.6 is 11.6 Å². The second-order valence-electron chi connectivity index (χ2n) is 5.50. The maximum absolute atomic E-state index is 12.5. The average Bonchev–Trinajstić information content (AvgIpc) is 3.03. The first-order valence-corrected chi connectivity index (χ1v) is 8.24. The van der Waals surface area contributed by atoms with Crippen LogP contribution in [0.1, 0.15) is 15.9 Å². The number of rotatable bonds is 6. The monoisotopic (exact) mass is 372 g/mol. The number of nitrogens with one attached hydrogen (secondary N) is 1. The van der Waals surface area contributed by atoms with Crippen molar-refractivity contribution in [3.05, 3.63) is 58.7 Å². The van der Waals surface area contributed by atoms with Gasteiger partial charge in [-0.1, -0.05) is 28.9 Å². The van der Waals surface area contributed by atoms with Crippen molar-refractivity contribution in [2.75, 3.05) is 19.4 Å². The number of ether oxygens (including phenoxy) is 1. The lowest BCUT2D eigenvalue weighted by Crippen LogP contribution is -2.26. The molecule has 134 valence electrons. The summed E-state index contributed by atoms with van der Waals surface area (Å²) >= 11 is 5.96. The Hall–Kier alpha value is -3.06. The van der Waals surface area contributed by atoms with Crippen molar-refractivity contribution in [1.29, 1.82) is 0 Å². The molecule has 3 rings (SSSR count). The van der Waals surface area contributed by atoms with Gasteiger partial charge in [0.15, 0.2) is 0 Å². The lowest BCUT2D eigenvalue weighted by Gasteiger charge is -2.06.